The molecule has 0 aromatic carbocycles. The molecule has 3 nitrogen and oxygen atoms in total. The predicted octanol–water partition coefficient (Wildman–Crippen LogP) is 1.06. The van der Waals surface area contributed by atoms with Crippen LogP contribution in [0.3, 0.4) is 0 Å². The van der Waals surface area contributed by atoms with Crippen LogP contribution in [-0.4, -0.2) is 41.0 Å². The fourth-order valence-electron chi connectivity index (χ4n) is 1.26. The first-order chi connectivity index (χ1) is 5.81. The summed E-state index contributed by atoms with van der Waals surface area (Å²) >= 11 is 0. The van der Waals surface area contributed by atoms with Gasteiger partial charge in [0, 0.05) is 18.0 Å². The van der Waals surface area contributed by atoms with Crippen molar-refractivity contribution in [3.05, 3.63) is 0 Å². The second-order valence-corrected chi connectivity index (χ2v) is 4.34. The van der Waals surface area contributed by atoms with Crippen LogP contribution in [0.25, 0.3) is 0 Å². The Bertz CT molecular complexity index is 178. The summed E-state index contributed by atoms with van der Waals surface area (Å²) in [5.74, 6) is 0.188. The maximum atomic E-state index is 10.9. The highest BCUT2D eigenvalue weighted by molar-refractivity contribution is 5.76. The molecule has 13 heavy (non-hydrogen) atoms. The highest BCUT2D eigenvalue weighted by Gasteiger charge is 2.26. The molecule has 0 aliphatic heterocycles. The van der Waals surface area contributed by atoms with Gasteiger partial charge < -0.3 is 5.11 Å². The largest absolute Gasteiger partial charge is 0.394 e. The van der Waals surface area contributed by atoms with E-state index in [1.807, 2.05) is 32.7 Å². The van der Waals surface area contributed by atoms with Crippen LogP contribution < -0.4 is 0 Å². The van der Waals surface area contributed by atoms with Gasteiger partial charge in [-0.15, -0.1) is 0 Å². The van der Waals surface area contributed by atoms with Crippen LogP contribution >= 0.6 is 0 Å². The topological polar surface area (TPSA) is 40.5 Å². The highest BCUT2D eigenvalue weighted by atomic mass is 16.3. The molecule has 1 atom stereocenters. The van der Waals surface area contributed by atoms with Crippen molar-refractivity contribution in [2.75, 3.05) is 13.7 Å². The van der Waals surface area contributed by atoms with Gasteiger partial charge in [0.25, 0.3) is 0 Å². The van der Waals surface area contributed by atoms with Crippen molar-refractivity contribution in [1.29, 1.82) is 0 Å². The van der Waals surface area contributed by atoms with E-state index in [4.69, 9.17) is 5.11 Å². The first kappa shape index (κ1) is 12.6. The quantitative estimate of drug-likeness (QED) is 0.699. The third-order valence-corrected chi connectivity index (χ3v) is 2.59. The van der Waals surface area contributed by atoms with E-state index in [1.165, 1.54) is 0 Å². The summed E-state index contributed by atoms with van der Waals surface area (Å²) in [6.07, 6.45) is 0.542. The van der Waals surface area contributed by atoms with Crippen molar-refractivity contribution in [2.45, 2.75) is 45.7 Å². The van der Waals surface area contributed by atoms with E-state index in [-0.39, 0.29) is 24.0 Å². The molecule has 0 fully saturated rings. The van der Waals surface area contributed by atoms with E-state index in [0.717, 1.165) is 0 Å². The second-order valence-electron chi connectivity index (χ2n) is 4.34. The lowest BCUT2D eigenvalue weighted by molar-refractivity contribution is -0.118. The number of carbonyl (C=O) groups is 1. The zero-order valence-electron chi connectivity index (χ0n) is 9.29. The number of hydrogen-bond donors (Lipinski definition) is 1. The van der Waals surface area contributed by atoms with E-state index in [1.54, 1.807) is 6.92 Å². The number of aliphatic hydroxyl groups is 1. The Morgan fingerprint density at radius 2 is 2.00 bits per heavy atom. The van der Waals surface area contributed by atoms with Gasteiger partial charge in [-0.25, -0.2) is 0 Å². The molecule has 1 N–H and O–H groups in total. The Hall–Kier alpha value is -0.410. The summed E-state index contributed by atoms with van der Waals surface area (Å²) < 4.78 is 0. The molecule has 0 saturated carbocycles. The number of likely N-dealkylation sites (N-methyl/N-ethyl adjacent to an activating group) is 1. The lowest BCUT2D eigenvalue weighted by Crippen LogP contribution is -2.49. The number of Topliss-reactive ketones (excluding diaryl/α,β-unsaturated/α-hetero) is 1. The van der Waals surface area contributed by atoms with Crippen LogP contribution in [0, 0.1) is 0 Å². The Labute approximate surface area is 80.7 Å². The molecular weight excluding hydrogens is 166 g/mol. The Balaban J connectivity index is 4.24. The van der Waals surface area contributed by atoms with E-state index < -0.39 is 0 Å². The SMILES string of the molecule is CC(=O)CC(C)N(C)C(C)(C)CO. The van der Waals surface area contributed by atoms with Crippen LogP contribution in [0.1, 0.15) is 34.1 Å². The van der Waals surface area contributed by atoms with Crippen molar-refractivity contribution < 1.29 is 9.90 Å². The minimum absolute atomic E-state index is 0.103. The lowest BCUT2D eigenvalue weighted by Gasteiger charge is -2.38. The minimum atomic E-state index is -0.255. The van der Waals surface area contributed by atoms with E-state index in [0.29, 0.717) is 6.42 Å². The molecule has 3 heteroatoms. The molecule has 0 bridgehead atoms. The molecule has 0 radical (unpaired) electrons. The molecular formula is C10H21NO2. The summed E-state index contributed by atoms with van der Waals surface area (Å²) in [5.41, 5.74) is -0.255. The van der Waals surface area contributed by atoms with Gasteiger partial charge in [-0.1, -0.05) is 0 Å². The number of carbonyl (C=O) groups excluding carboxylic acids is 1. The fraction of sp³-hybridized carbons (Fsp3) is 0.900. The van der Waals surface area contributed by atoms with Crippen LogP contribution in [0.4, 0.5) is 0 Å². The smallest absolute Gasteiger partial charge is 0.131 e. The van der Waals surface area contributed by atoms with E-state index in [2.05, 4.69) is 0 Å². The summed E-state index contributed by atoms with van der Waals surface area (Å²) in [4.78, 5) is 12.9. The Kier molecular flexibility index (Phi) is 4.57. The summed E-state index contributed by atoms with van der Waals surface area (Å²) in [6, 6.07) is 0.180. The van der Waals surface area contributed by atoms with Crippen molar-refractivity contribution in [1.82, 2.24) is 4.90 Å². The van der Waals surface area contributed by atoms with Crippen LogP contribution in [-0.2, 0) is 4.79 Å². The van der Waals surface area contributed by atoms with Crippen molar-refractivity contribution >= 4 is 5.78 Å². The Morgan fingerprint density at radius 1 is 1.54 bits per heavy atom. The van der Waals surface area contributed by atoms with Gasteiger partial charge in [-0.2, -0.15) is 0 Å². The van der Waals surface area contributed by atoms with Gasteiger partial charge in [-0.05, 0) is 34.7 Å². The first-order valence-electron chi connectivity index (χ1n) is 4.64. The lowest BCUT2D eigenvalue weighted by atomic mass is 10.0. The average molecular weight is 187 g/mol. The Morgan fingerprint density at radius 3 is 2.31 bits per heavy atom. The van der Waals surface area contributed by atoms with Gasteiger partial charge in [-0.3, -0.25) is 9.69 Å². The molecule has 0 spiro atoms. The standard InChI is InChI=1S/C10H21NO2/c1-8(6-9(2)13)11(5)10(3,4)7-12/h8,12H,6-7H2,1-5H3. The fourth-order valence-corrected chi connectivity index (χ4v) is 1.26. The van der Waals surface area contributed by atoms with E-state index >= 15 is 0 Å². The molecule has 0 rings (SSSR count). The third kappa shape index (κ3) is 3.87. The number of nitrogens with zero attached hydrogens (tertiary/aromatic N) is 1. The minimum Gasteiger partial charge on any atom is -0.394 e. The molecule has 0 aromatic heterocycles. The molecule has 78 valence electrons. The van der Waals surface area contributed by atoms with Crippen molar-refractivity contribution in [3.63, 3.8) is 0 Å². The first-order valence-corrected chi connectivity index (χ1v) is 4.64. The molecule has 1 unspecified atom stereocenters. The number of aliphatic hydroxyl groups excluding tert-OH is 1. The number of hydrogen-bond acceptors (Lipinski definition) is 3. The maximum absolute atomic E-state index is 10.9. The monoisotopic (exact) mass is 187 g/mol. The molecule has 0 saturated heterocycles. The summed E-state index contributed by atoms with van der Waals surface area (Å²) in [5, 5.41) is 9.12. The van der Waals surface area contributed by atoms with Crippen molar-refractivity contribution in [3.8, 4) is 0 Å². The van der Waals surface area contributed by atoms with Crippen LogP contribution in [0.2, 0.25) is 0 Å². The van der Waals surface area contributed by atoms with Crippen LogP contribution in [0.15, 0.2) is 0 Å². The summed E-state index contributed by atoms with van der Waals surface area (Å²) in [6.45, 7) is 7.62. The van der Waals surface area contributed by atoms with Gasteiger partial charge >= 0.3 is 0 Å². The number of rotatable bonds is 5. The molecule has 0 amide bonds. The van der Waals surface area contributed by atoms with Crippen molar-refractivity contribution in [2.24, 2.45) is 0 Å². The highest BCUT2D eigenvalue weighted by Crippen LogP contribution is 2.16. The molecule has 0 aliphatic rings. The van der Waals surface area contributed by atoms with E-state index in [9.17, 15) is 4.79 Å². The van der Waals surface area contributed by atoms with Crippen LogP contribution in [0.5, 0.6) is 0 Å². The zero-order valence-corrected chi connectivity index (χ0v) is 9.29. The average Bonchev–Trinajstić information content (AvgIpc) is 2.01. The molecule has 0 aromatic rings. The predicted molar refractivity (Wildman–Crippen MR) is 53.7 cm³/mol. The van der Waals surface area contributed by atoms with Gasteiger partial charge in [0.15, 0.2) is 0 Å². The second kappa shape index (κ2) is 4.72. The molecule has 0 aliphatic carbocycles. The normalized spacial score (nSPS) is 14.7. The zero-order chi connectivity index (χ0) is 10.6. The summed E-state index contributed by atoms with van der Waals surface area (Å²) in [7, 11) is 1.93. The van der Waals surface area contributed by atoms with Gasteiger partial charge in [0.05, 0.1) is 6.61 Å². The third-order valence-electron chi connectivity index (χ3n) is 2.59. The molecule has 0 heterocycles. The number of ketones is 1. The van der Waals surface area contributed by atoms with Gasteiger partial charge in [0.2, 0.25) is 0 Å². The maximum Gasteiger partial charge on any atom is 0.131 e. The van der Waals surface area contributed by atoms with Gasteiger partial charge in [0.1, 0.15) is 5.78 Å².